The number of piperidine rings is 2. The van der Waals surface area contributed by atoms with Crippen LogP contribution in [-0.2, 0) is 10.0 Å². The minimum absolute atomic E-state index is 0.261. The van der Waals surface area contributed by atoms with Gasteiger partial charge in [-0.1, -0.05) is 6.07 Å². The van der Waals surface area contributed by atoms with Crippen molar-refractivity contribution in [2.24, 2.45) is 5.92 Å². The Hall–Kier alpha value is -2.00. The number of nitrogens with zero attached hydrogens (tertiary/aromatic N) is 2. The predicted octanol–water partition coefficient (Wildman–Crippen LogP) is 2.60. The number of carbonyl (C=O) groups is 1. The van der Waals surface area contributed by atoms with Gasteiger partial charge in [0, 0.05) is 32.2 Å². The Kier molecular flexibility index (Phi) is 6.89. The van der Waals surface area contributed by atoms with Crippen molar-refractivity contribution < 1.29 is 27.8 Å². The number of hydrogen-bond acceptors (Lipinski definition) is 5. The summed E-state index contributed by atoms with van der Waals surface area (Å²) in [6.07, 6.45) is 3.55. The Bertz CT molecular complexity index is 812. The molecule has 9 heteroatoms. The molecule has 2 fully saturated rings. The molecule has 1 N–H and O–H groups in total. The molecule has 0 bridgehead atoms. The van der Waals surface area contributed by atoms with Crippen molar-refractivity contribution in [1.82, 2.24) is 9.21 Å². The van der Waals surface area contributed by atoms with Crippen molar-refractivity contribution in [2.45, 2.75) is 31.6 Å². The molecule has 1 aromatic carbocycles. The first kappa shape index (κ1) is 21.7. The lowest BCUT2D eigenvalue weighted by Crippen LogP contribution is -2.38. The van der Waals surface area contributed by atoms with E-state index in [0.29, 0.717) is 38.7 Å². The summed E-state index contributed by atoms with van der Waals surface area (Å²) in [6.45, 7) is 2.72. The summed E-state index contributed by atoms with van der Waals surface area (Å²) < 4.78 is 36.5. The monoisotopic (exact) mass is 426 g/mol. The molecule has 2 aliphatic heterocycles. The number of amides is 1. The Morgan fingerprint density at radius 2 is 1.79 bits per heavy atom. The second kappa shape index (κ2) is 9.21. The van der Waals surface area contributed by atoms with Gasteiger partial charge in [0.25, 0.3) is 0 Å². The zero-order valence-corrected chi connectivity index (χ0v) is 17.9. The number of ether oxygens (including phenoxy) is 2. The third-order valence-corrected chi connectivity index (χ3v) is 7.24. The van der Waals surface area contributed by atoms with Crippen LogP contribution in [0.3, 0.4) is 0 Å². The quantitative estimate of drug-likeness (QED) is 0.751. The van der Waals surface area contributed by atoms with Gasteiger partial charge in [-0.3, -0.25) is 0 Å². The van der Waals surface area contributed by atoms with Crippen LogP contribution in [0.25, 0.3) is 0 Å². The largest absolute Gasteiger partial charge is 0.496 e. The molecule has 0 atom stereocenters. The first-order chi connectivity index (χ1) is 13.8. The van der Waals surface area contributed by atoms with Gasteiger partial charge in [-0.15, -0.1) is 0 Å². The maximum atomic E-state index is 11.7. The summed E-state index contributed by atoms with van der Waals surface area (Å²) in [7, 11) is -1.50. The maximum absolute atomic E-state index is 11.7. The average molecular weight is 427 g/mol. The second-order valence-corrected chi connectivity index (χ2v) is 9.85. The molecule has 162 valence electrons. The topological polar surface area (TPSA) is 96.4 Å². The Morgan fingerprint density at radius 3 is 2.34 bits per heavy atom. The van der Waals surface area contributed by atoms with Gasteiger partial charge in [0.1, 0.15) is 11.5 Å². The molecule has 0 spiro atoms. The van der Waals surface area contributed by atoms with Gasteiger partial charge in [-0.2, -0.15) is 0 Å². The van der Waals surface area contributed by atoms with E-state index in [4.69, 9.17) is 14.6 Å². The van der Waals surface area contributed by atoms with E-state index >= 15 is 0 Å². The van der Waals surface area contributed by atoms with Crippen LogP contribution in [-0.4, -0.2) is 75.0 Å². The van der Waals surface area contributed by atoms with Crippen LogP contribution in [0.4, 0.5) is 4.79 Å². The highest BCUT2D eigenvalue weighted by molar-refractivity contribution is 7.88. The molecule has 0 saturated carbocycles. The normalized spacial score (nSPS) is 19.9. The van der Waals surface area contributed by atoms with Crippen LogP contribution in [0.15, 0.2) is 18.2 Å². The summed E-state index contributed by atoms with van der Waals surface area (Å²) in [6, 6.07) is 5.85. The molecular formula is C20H30N2O6S. The van der Waals surface area contributed by atoms with E-state index in [1.54, 1.807) is 7.11 Å². The number of hydrogen-bond donors (Lipinski definition) is 1. The zero-order valence-electron chi connectivity index (χ0n) is 17.0. The lowest BCUT2D eigenvalue weighted by atomic mass is 9.89. The fraction of sp³-hybridized carbons (Fsp3) is 0.650. The molecular weight excluding hydrogens is 396 g/mol. The highest BCUT2D eigenvalue weighted by Gasteiger charge is 2.28. The van der Waals surface area contributed by atoms with Crippen molar-refractivity contribution in [1.29, 1.82) is 0 Å². The summed E-state index contributed by atoms with van der Waals surface area (Å²) in [5.41, 5.74) is 1.09. The van der Waals surface area contributed by atoms with Gasteiger partial charge in [-0.05, 0) is 49.1 Å². The molecule has 0 unspecified atom stereocenters. The van der Waals surface area contributed by atoms with Crippen molar-refractivity contribution in [3.8, 4) is 11.5 Å². The van der Waals surface area contributed by atoms with E-state index < -0.39 is 16.1 Å². The third-order valence-electron chi connectivity index (χ3n) is 5.94. The number of benzene rings is 1. The first-order valence-electron chi connectivity index (χ1n) is 10.0. The molecule has 2 aliphatic rings. The lowest BCUT2D eigenvalue weighted by Gasteiger charge is -2.31. The number of likely N-dealkylation sites (tertiary alicyclic amines) is 1. The van der Waals surface area contributed by atoms with Gasteiger partial charge in [0.05, 0.1) is 20.0 Å². The van der Waals surface area contributed by atoms with Gasteiger partial charge in [0.2, 0.25) is 10.0 Å². The minimum atomic E-state index is -3.13. The van der Waals surface area contributed by atoms with E-state index in [-0.39, 0.29) is 5.92 Å². The smallest absolute Gasteiger partial charge is 0.407 e. The summed E-state index contributed by atoms with van der Waals surface area (Å²) >= 11 is 0. The van der Waals surface area contributed by atoms with Crippen molar-refractivity contribution in [3.05, 3.63) is 23.8 Å². The average Bonchev–Trinajstić information content (AvgIpc) is 2.71. The molecule has 1 amide bonds. The van der Waals surface area contributed by atoms with Crippen LogP contribution in [0, 0.1) is 5.92 Å². The van der Waals surface area contributed by atoms with Crippen molar-refractivity contribution >= 4 is 16.1 Å². The number of rotatable bonds is 6. The van der Waals surface area contributed by atoms with Crippen molar-refractivity contribution in [2.75, 3.05) is 46.2 Å². The fourth-order valence-corrected chi connectivity index (χ4v) is 5.00. The van der Waals surface area contributed by atoms with E-state index in [9.17, 15) is 13.2 Å². The molecule has 0 aromatic heterocycles. The van der Waals surface area contributed by atoms with Crippen LogP contribution >= 0.6 is 0 Å². The third kappa shape index (κ3) is 5.54. The zero-order chi connectivity index (χ0) is 21.0. The van der Waals surface area contributed by atoms with E-state index in [2.05, 4.69) is 0 Å². The van der Waals surface area contributed by atoms with Crippen LogP contribution in [0.1, 0.15) is 37.2 Å². The highest BCUT2D eigenvalue weighted by atomic mass is 32.2. The molecule has 8 nitrogen and oxygen atoms in total. The number of methoxy groups -OCH3 is 1. The molecule has 2 heterocycles. The molecule has 2 saturated heterocycles. The number of sulfonamides is 1. The van der Waals surface area contributed by atoms with Gasteiger partial charge in [0.15, 0.2) is 0 Å². The van der Waals surface area contributed by atoms with E-state index in [1.807, 2.05) is 18.2 Å². The van der Waals surface area contributed by atoms with Gasteiger partial charge < -0.3 is 19.5 Å². The standard InChI is InChI=1S/C20H30N2O6S/c1-27-19-13-17(28-14-15-5-9-21(10-6-15)20(23)24)3-4-18(19)16-7-11-22(12-8-16)29(2,25)26/h3-4,13,15-16H,5-12,14H2,1-2H3,(H,23,24). The highest BCUT2D eigenvalue weighted by Crippen LogP contribution is 2.37. The van der Waals surface area contributed by atoms with Crippen LogP contribution < -0.4 is 9.47 Å². The maximum Gasteiger partial charge on any atom is 0.407 e. The SMILES string of the molecule is COc1cc(OCC2CCN(C(=O)O)CC2)ccc1C1CCN(S(C)(=O)=O)CC1. The summed E-state index contributed by atoms with van der Waals surface area (Å²) in [4.78, 5) is 12.4. The summed E-state index contributed by atoms with van der Waals surface area (Å²) in [5.74, 6) is 2.11. The molecule has 29 heavy (non-hydrogen) atoms. The fourth-order valence-electron chi connectivity index (χ4n) is 4.12. The van der Waals surface area contributed by atoms with Gasteiger partial charge >= 0.3 is 6.09 Å². The molecule has 3 rings (SSSR count). The van der Waals surface area contributed by atoms with E-state index in [1.165, 1.54) is 15.5 Å². The minimum Gasteiger partial charge on any atom is -0.496 e. The Labute approximate surface area is 172 Å². The Morgan fingerprint density at radius 1 is 1.14 bits per heavy atom. The molecule has 1 aromatic rings. The van der Waals surface area contributed by atoms with Gasteiger partial charge in [-0.25, -0.2) is 17.5 Å². The van der Waals surface area contributed by atoms with Crippen LogP contribution in [0.5, 0.6) is 11.5 Å². The van der Waals surface area contributed by atoms with Crippen molar-refractivity contribution in [3.63, 3.8) is 0 Å². The first-order valence-corrected chi connectivity index (χ1v) is 11.9. The second-order valence-electron chi connectivity index (χ2n) is 7.86. The number of carboxylic acid groups (broad SMARTS) is 1. The predicted molar refractivity (Wildman–Crippen MR) is 109 cm³/mol. The van der Waals surface area contributed by atoms with Crippen LogP contribution in [0.2, 0.25) is 0 Å². The summed E-state index contributed by atoms with van der Waals surface area (Å²) in [5, 5.41) is 9.03. The van der Waals surface area contributed by atoms with E-state index in [0.717, 1.165) is 42.7 Å². The lowest BCUT2D eigenvalue weighted by molar-refractivity contribution is 0.111. The molecule has 0 aliphatic carbocycles. The molecule has 0 radical (unpaired) electrons. The Balaban J connectivity index is 1.56.